The molecule has 0 aliphatic carbocycles. The molecule has 28 heavy (non-hydrogen) atoms. The Hall–Kier alpha value is -2.82. The summed E-state index contributed by atoms with van der Waals surface area (Å²) in [5.74, 6) is 1.06. The first-order valence-corrected chi connectivity index (χ1v) is 9.46. The van der Waals surface area contributed by atoms with E-state index < -0.39 is 0 Å². The predicted molar refractivity (Wildman–Crippen MR) is 113 cm³/mol. The molecule has 6 nitrogen and oxygen atoms in total. The molecule has 0 atom stereocenters. The molecule has 0 bridgehead atoms. The SMILES string of the molecule is CCOc1cc(/C=C(\C#N)c2nc3ccc(Br)cc3c(=O)[nH]2)cc(Cl)c1OC. The van der Waals surface area contributed by atoms with E-state index in [1.807, 2.05) is 6.92 Å². The molecule has 8 heteroatoms. The minimum atomic E-state index is -0.329. The molecule has 0 aliphatic rings. The summed E-state index contributed by atoms with van der Waals surface area (Å²) in [4.78, 5) is 19.5. The standard InChI is InChI=1S/C20H15BrClN3O3/c1-3-28-17-8-11(7-15(22)18(17)27-2)6-12(10-23)19-24-16-5-4-13(21)9-14(16)20(26)25-19/h4-9H,3H2,1-2H3,(H,24,25,26)/b12-6+. The highest BCUT2D eigenvalue weighted by molar-refractivity contribution is 9.10. The molecule has 142 valence electrons. The van der Waals surface area contributed by atoms with Crippen LogP contribution in [0.4, 0.5) is 0 Å². The van der Waals surface area contributed by atoms with Crippen molar-refractivity contribution in [3.63, 3.8) is 0 Å². The van der Waals surface area contributed by atoms with Crippen LogP contribution in [0.15, 0.2) is 39.6 Å². The predicted octanol–water partition coefficient (Wildman–Crippen LogP) is 4.81. The first-order valence-electron chi connectivity index (χ1n) is 8.29. The number of halogens is 2. The Morgan fingerprint density at radius 2 is 2.18 bits per heavy atom. The third-order valence-corrected chi connectivity index (χ3v) is 4.66. The highest BCUT2D eigenvalue weighted by atomic mass is 79.9. The van der Waals surface area contributed by atoms with E-state index in [2.05, 4.69) is 32.0 Å². The number of aromatic nitrogens is 2. The van der Waals surface area contributed by atoms with Gasteiger partial charge >= 0.3 is 0 Å². The Morgan fingerprint density at radius 3 is 2.86 bits per heavy atom. The zero-order valence-corrected chi connectivity index (χ0v) is 17.4. The van der Waals surface area contributed by atoms with Crippen LogP contribution in [0.2, 0.25) is 5.02 Å². The maximum Gasteiger partial charge on any atom is 0.259 e. The summed E-state index contributed by atoms with van der Waals surface area (Å²) in [6.45, 7) is 2.28. The Kier molecular flexibility index (Phi) is 6.02. The average Bonchev–Trinajstić information content (AvgIpc) is 2.66. The summed E-state index contributed by atoms with van der Waals surface area (Å²) in [7, 11) is 1.50. The lowest BCUT2D eigenvalue weighted by molar-refractivity contribution is 0.311. The number of nitrogens with zero attached hydrogens (tertiary/aromatic N) is 2. The number of rotatable bonds is 5. The third kappa shape index (κ3) is 4.03. The van der Waals surface area contributed by atoms with Gasteiger partial charge < -0.3 is 14.5 Å². The fraction of sp³-hybridized carbons (Fsp3) is 0.150. The second-order valence-electron chi connectivity index (χ2n) is 5.71. The van der Waals surface area contributed by atoms with Crippen molar-refractivity contribution in [3.8, 4) is 17.6 Å². The van der Waals surface area contributed by atoms with E-state index in [1.54, 1.807) is 36.4 Å². The van der Waals surface area contributed by atoms with Crippen molar-refractivity contribution in [2.75, 3.05) is 13.7 Å². The Labute approximate surface area is 174 Å². The first-order chi connectivity index (χ1) is 13.5. The lowest BCUT2D eigenvalue weighted by atomic mass is 10.1. The third-order valence-electron chi connectivity index (χ3n) is 3.89. The number of ether oxygens (including phenoxy) is 2. The molecule has 1 heterocycles. The number of nitriles is 1. The van der Waals surface area contributed by atoms with Gasteiger partial charge in [-0.3, -0.25) is 4.79 Å². The van der Waals surface area contributed by atoms with Gasteiger partial charge in [-0.25, -0.2) is 4.98 Å². The number of benzene rings is 2. The molecular weight excluding hydrogens is 446 g/mol. The van der Waals surface area contributed by atoms with Crippen LogP contribution in [0.3, 0.4) is 0 Å². The second-order valence-corrected chi connectivity index (χ2v) is 7.04. The smallest absolute Gasteiger partial charge is 0.259 e. The van der Waals surface area contributed by atoms with E-state index in [9.17, 15) is 10.1 Å². The summed E-state index contributed by atoms with van der Waals surface area (Å²) < 4.78 is 11.6. The number of methoxy groups -OCH3 is 1. The van der Waals surface area contributed by atoms with Crippen LogP contribution in [0.1, 0.15) is 18.3 Å². The maximum absolute atomic E-state index is 12.4. The van der Waals surface area contributed by atoms with Gasteiger partial charge in [0.05, 0.1) is 35.2 Å². The fourth-order valence-electron chi connectivity index (χ4n) is 2.69. The van der Waals surface area contributed by atoms with E-state index in [0.29, 0.717) is 39.6 Å². The first kappa shape index (κ1) is 19.9. The number of H-pyrrole nitrogens is 1. The highest BCUT2D eigenvalue weighted by Gasteiger charge is 2.13. The number of fused-ring (bicyclic) bond motifs is 1. The molecule has 3 aromatic rings. The fourth-order valence-corrected chi connectivity index (χ4v) is 3.35. The summed E-state index contributed by atoms with van der Waals surface area (Å²) in [6, 6.07) is 10.6. The van der Waals surface area contributed by atoms with Crippen molar-refractivity contribution in [1.82, 2.24) is 9.97 Å². The minimum Gasteiger partial charge on any atom is -0.491 e. The lowest BCUT2D eigenvalue weighted by Crippen LogP contribution is -2.11. The van der Waals surface area contributed by atoms with Gasteiger partial charge in [0.1, 0.15) is 6.07 Å². The molecule has 0 aliphatic heterocycles. The van der Waals surface area contributed by atoms with Gasteiger partial charge in [0.25, 0.3) is 5.56 Å². The molecule has 1 N–H and O–H groups in total. The van der Waals surface area contributed by atoms with Gasteiger partial charge in [0.2, 0.25) is 0 Å². The Bertz CT molecular complexity index is 1180. The lowest BCUT2D eigenvalue weighted by Gasteiger charge is -2.12. The Morgan fingerprint density at radius 1 is 1.39 bits per heavy atom. The molecule has 0 saturated carbocycles. The highest BCUT2D eigenvalue weighted by Crippen LogP contribution is 2.37. The van der Waals surface area contributed by atoms with E-state index >= 15 is 0 Å². The zero-order valence-electron chi connectivity index (χ0n) is 15.0. The van der Waals surface area contributed by atoms with E-state index in [0.717, 1.165) is 4.47 Å². The Balaban J connectivity index is 2.13. The normalized spacial score (nSPS) is 11.3. The van der Waals surface area contributed by atoms with Gasteiger partial charge in [-0.05, 0) is 48.9 Å². The van der Waals surface area contributed by atoms with E-state index in [-0.39, 0.29) is 17.0 Å². The number of hydrogen-bond donors (Lipinski definition) is 1. The molecule has 3 rings (SSSR count). The van der Waals surface area contributed by atoms with Gasteiger partial charge in [0.15, 0.2) is 17.3 Å². The number of nitrogens with one attached hydrogen (secondary N) is 1. The number of hydrogen-bond acceptors (Lipinski definition) is 5. The summed E-state index contributed by atoms with van der Waals surface area (Å²) in [5.41, 5.74) is 0.964. The molecule has 0 amide bonds. The zero-order chi connectivity index (χ0) is 20.3. The molecule has 0 saturated heterocycles. The maximum atomic E-state index is 12.4. The topological polar surface area (TPSA) is 88.0 Å². The number of aromatic amines is 1. The quantitative estimate of drug-likeness (QED) is 0.552. The monoisotopic (exact) mass is 459 g/mol. The molecule has 0 unspecified atom stereocenters. The van der Waals surface area contributed by atoms with Crippen molar-refractivity contribution in [1.29, 1.82) is 5.26 Å². The van der Waals surface area contributed by atoms with Crippen LogP contribution >= 0.6 is 27.5 Å². The van der Waals surface area contributed by atoms with Crippen LogP contribution in [-0.4, -0.2) is 23.7 Å². The summed E-state index contributed by atoms with van der Waals surface area (Å²) in [6.07, 6.45) is 1.58. The van der Waals surface area contributed by atoms with Gasteiger partial charge in [-0.1, -0.05) is 27.5 Å². The summed E-state index contributed by atoms with van der Waals surface area (Å²) in [5, 5.41) is 10.4. The average molecular weight is 461 g/mol. The van der Waals surface area contributed by atoms with Gasteiger partial charge in [0, 0.05) is 4.47 Å². The minimum absolute atomic E-state index is 0.173. The molecule has 0 fully saturated rings. The molecule has 2 aromatic carbocycles. The van der Waals surface area contributed by atoms with Gasteiger partial charge in [-0.2, -0.15) is 5.26 Å². The largest absolute Gasteiger partial charge is 0.491 e. The van der Waals surface area contributed by atoms with Crippen molar-refractivity contribution < 1.29 is 9.47 Å². The molecule has 0 radical (unpaired) electrons. The van der Waals surface area contributed by atoms with Crippen LogP contribution in [0, 0.1) is 11.3 Å². The van der Waals surface area contributed by atoms with Crippen molar-refractivity contribution >= 4 is 50.1 Å². The number of allylic oxidation sites excluding steroid dienone is 1. The summed E-state index contributed by atoms with van der Waals surface area (Å²) >= 11 is 9.60. The van der Waals surface area contributed by atoms with Crippen molar-refractivity contribution in [2.45, 2.75) is 6.92 Å². The van der Waals surface area contributed by atoms with Crippen LogP contribution in [0.5, 0.6) is 11.5 Å². The van der Waals surface area contributed by atoms with E-state index in [4.69, 9.17) is 21.1 Å². The van der Waals surface area contributed by atoms with Crippen LogP contribution < -0.4 is 15.0 Å². The molecular formula is C20H15BrClN3O3. The van der Waals surface area contributed by atoms with Crippen LogP contribution in [-0.2, 0) is 0 Å². The van der Waals surface area contributed by atoms with Crippen molar-refractivity contribution in [3.05, 3.63) is 61.6 Å². The van der Waals surface area contributed by atoms with E-state index in [1.165, 1.54) is 7.11 Å². The second kappa shape index (κ2) is 8.46. The van der Waals surface area contributed by atoms with Crippen molar-refractivity contribution in [2.24, 2.45) is 0 Å². The van der Waals surface area contributed by atoms with Crippen LogP contribution in [0.25, 0.3) is 22.6 Å². The molecule has 0 spiro atoms. The van der Waals surface area contributed by atoms with Gasteiger partial charge in [-0.15, -0.1) is 0 Å². The molecule has 1 aromatic heterocycles.